The van der Waals surface area contributed by atoms with Crippen molar-refractivity contribution in [1.29, 1.82) is 0 Å². The van der Waals surface area contributed by atoms with Crippen molar-refractivity contribution in [3.05, 3.63) is 53.6 Å². The lowest BCUT2D eigenvalue weighted by Gasteiger charge is -2.31. The summed E-state index contributed by atoms with van der Waals surface area (Å²) in [6.45, 7) is 5.44. The summed E-state index contributed by atoms with van der Waals surface area (Å²) in [5.74, 6) is -1.02. The highest BCUT2D eigenvalue weighted by Crippen LogP contribution is 2.28. The van der Waals surface area contributed by atoms with Crippen LogP contribution in [0.2, 0.25) is 0 Å². The second-order valence-electron chi connectivity index (χ2n) is 7.91. The van der Waals surface area contributed by atoms with E-state index in [4.69, 9.17) is 9.47 Å². The number of nitrogens with zero attached hydrogens (tertiary/aromatic N) is 1. The van der Waals surface area contributed by atoms with Crippen LogP contribution in [0.15, 0.2) is 47.4 Å². The van der Waals surface area contributed by atoms with Gasteiger partial charge in [-0.15, -0.1) is 0 Å². The average Bonchev–Trinajstić information content (AvgIpc) is 2.76. The van der Waals surface area contributed by atoms with Crippen LogP contribution in [0, 0.1) is 0 Å². The number of esters is 1. The van der Waals surface area contributed by atoms with Gasteiger partial charge in [-0.3, -0.25) is 4.79 Å². The molecule has 172 valence electrons. The lowest BCUT2D eigenvalue weighted by atomic mass is 10.0. The summed E-state index contributed by atoms with van der Waals surface area (Å²) in [6.07, 6.45) is 0.678. The van der Waals surface area contributed by atoms with E-state index in [1.807, 2.05) is 24.3 Å². The lowest BCUT2D eigenvalue weighted by molar-refractivity contribution is -0.126. The summed E-state index contributed by atoms with van der Waals surface area (Å²) >= 11 is 0. The van der Waals surface area contributed by atoms with E-state index >= 15 is 0 Å². The summed E-state index contributed by atoms with van der Waals surface area (Å²) in [4.78, 5) is 27.2. The number of para-hydroxylation sites is 1. The van der Waals surface area contributed by atoms with Crippen molar-refractivity contribution < 1.29 is 27.5 Å². The van der Waals surface area contributed by atoms with E-state index in [-0.39, 0.29) is 28.2 Å². The molecule has 0 saturated heterocycles. The molecule has 0 fully saturated rings. The van der Waals surface area contributed by atoms with E-state index in [0.29, 0.717) is 6.54 Å². The number of fused-ring (bicyclic) bond motifs is 1. The van der Waals surface area contributed by atoms with E-state index in [9.17, 15) is 18.0 Å². The Morgan fingerprint density at radius 3 is 2.50 bits per heavy atom. The molecule has 0 bridgehead atoms. The maximum Gasteiger partial charge on any atom is 0.338 e. The van der Waals surface area contributed by atoms with Gasteiger partial charge in [0.1, 0.15) is 10.6 Å². The van der Waals surface area contributed by atoms with Crippen molar-refractivity contribution in [3.63, 3.8) is 0 Å². The molecular weight excluding hydrogens is 432 g/mol. The van der Waals surface area contributed by atoms with Gasteiger partial charge in [0, 0.05) is 18.3 Å². The molecule has 1 atom stereocenters. The summed E-state index contributed by atoms with van der Waals surface area (Å²) in [5, 5.41) is 0. The standard InChI is InChI=1S/C23H28N2O6S/c1-15(2)24-32(28,29)21-14-18(11-12-20(21)30-4)23(27)31-16(3)22(26)25-13-7-9-17-8-5-6-10-19(17)25/h5-6,8,10-12,14-16,24H,7,9,13H2,1-4H3/t16-/m0/s1. The molecule has 2 aromatic rings. The van der Waals surface area contributed by atoms with Gasteiger partial charge in [0.15, 0.2) is 6.10 Å². The van der Waals surface area contributed by atoms with Crippen LogP contribution in [0.5, 0.6) is 5.75 Å². The lowest BCUT2D eigenvalue weighted by Crippen LogP contribution is -2.42. The first kappa shape index (κ1) is 23.7. The number of hydrogen-bond donors (Lipinski definition) is 1. The SMILES string of the molecule is COc1ccc(C(=O)O[C@@H](C)C(=O)N2CCCc3ccccc32)cc1S(=O)(=O)NC(C)C. The molecule has 1 aliphatic heterocycles. The minimum atomic E-state index is -3.91. The predicted molar refractivity (Wildman–Crippen MR) is 120 cm³/mol. The van der Waals surface area contributed by atoms with Crippen molar-refractivity contribution in [3.8, 4) is 5.75 Å². The molecule has 9 heteroatoms. The third-order valence-electron chi connectivity index (χ3n) is 5.09. The number of carbonyl (C=O) groups excluding carboxylic acids is 2. The normalized spacial score (nSPS) is 14.6. The molecule has 1 N–H and O–H groups in total. The van der Waals surface area contributed by atoms with Crippen LogP contribution in [0.1, 0.15) is 43.1 Å². The first-order valence-corrected chi connectivity index (χ1v) is 11.9. The topological polar surface area (TPSA) is 102 Å². The number of amides is 1. The van der Waals surface area contributed by atoms with Crippen molar-refractivity contribution in [1.82, 2.24) is 4.72 Å². The highest BCUT2D eigenvalue weighted by molar-refractivity contribution is 7.89. The van der Waals surface area contributed by atoms with Gasteiger partial charge in [0.2, 0.25) is 10.0 Å². The van der Waals surface area contributed by atoms with Gasteiger partial charge in [-0.05, 0) is 63.4 Å². The second kappa shape index (κ2) is 9.70. The first-order chi connectivity index (χ1) is 15.1. The number of benzene rings is 2. The molecule has 3 rings (SSSR count). The molecule has 0 radical (unpaired) electrons. The van der Waals surface area contributed by atoms with Crippen LogP contribution in [-0.4, -0.2) is 46.1 Å². The minimum Gasteiger partial charge on any atom is -0.495 e. The molecule has 0 unspecified atom stereocenters. The zero-order valence-electron chi connectivity index (χ0n) is 18.6. The van der Waals surface area contributed by atoms with Crippen LogP contribution in [0.3, 0.4) is 0 Å². The van der Waals surface area contributed by atoms with E-state index in [0.717, 1.165) is 24.1 Å². The number of anilines is 1. The number of ether oxygens (including phenoxy) is 2. The van der Waals surface area contributed by atoms with Gasteiger partial charge in [-0.25, -0.2) is 17.9 Å². The Morgan fingerprint density at radius 1 is 1.09 bits per heavy atom. The molecule has 1 aliphatic rings. The molecular formula is C23H28N2O6S. The smallest absolute Gasteiger partial charge is 0.338 e. The number of rotatable bonds is 7. The van der Waals surface area contributed by atoms with Crippen LogP contribution in [0.4, 0.5) is 5.69 Å². The Morgan fingerprint density at radius 2 is 1.81 bits per heavy atom. The van der Waals surface area contributed by atoms with Gasteiger partial charge in [-0.2, -0.15) is 0 Å². The van der Waals surface area contributed by atoms with Crippen molar-refractivity contribution in [2.75, 3.05) is 18.6 Å². The van der Waals surface area contributed by atoms with Crippen LogP contribution >= 0.6 is 0 Å². The Kier molecular flexibility index (Phi) is 7.20. The third-order valence-corrected chi connectivity index (χ3v) is 6.77. The highest BCUT2D eigenvalue weighted by Gasteiger charge is 2.29. The number of nitrogens with one attached hydrogen (secondary N) is 1. The monoisotopic (exact) mass is 460 g/mol. The second-order valence-corrected chi connectivity index (χ2v) is 9.59. The van der Waals surface area contributed by atoms with E-state index in [1.165, 1.54) is 32.2 Å². The van der Waals surface area contributed by atoms with Crippen molar-refractivity contribution >= 4 is 27.6 Å². The Bertz CT molecular complexity index is 1110. The van der Waals surface area contributed by atoms with E-state index in [1.54, 1.807) is 18.7 Å². The Labute approximate surface area is 188 Å². The number of aryl methyl sites for hydroxylation is 1. The number of carbonyl (C=O) groups is 2. The summed E-state index contributed by atoms with van der Waals surface area (Å²) in [5.41, 5.74) is 1.91. The van der Waals surface area contributed by atoms with Gasteiger partial charge in [-0.1, -0.05) is 18.2 Å². The molecule has 8 nitrogen and oxygen atoms in total. The van der Waals surface area contributed by atoms with Crippen LogP contribution in [0.25, 0.3) is 0 Å². The molecule has 32 heavy (non-hydrogen) atoms. The van der Waals surface area contributed by atoms with Gasteiger partial charge >= 0.3 is 5.97 Å². The predicted octanol–water partition coefficient (Wildman–Crippen LogP) is 2.91. The minimum absolute atomic E-state index is 0.00799. The molecule has 1 heterocycles. The van der Waals surface area contributed by atoms with Crippen LogP contribution in [-0.2, 0) is 26.0 Å². The molecule has 2 aromatic carbocycles. The van der Waals surface area contributed by atoms with Crippen molar-refractivity contribution in [2.45, 2.75) is 50.7 Å². The largest absolute Gasteiger partial charge is 0.495 e. The summed E-state index contributed by atoms with van der Waals surface area (Å²) in [7, 11) is -2.57. The number of hydrogen-bond acceptors (Lipinski definition) is 6. The third kappa shape index (κ3) is 5.11. The summed E-state index contributed by atoms with van der Waals surface area (Å²) in [6, 6.07) is 11.3. The van der Waals surface area contributed by atoms with Gasteiger partial charge in [0.25, 0.3) is 5.91 Å². The highest BCUT2D eigenvalue weighted by atomic mass is 32.2. The molecule has 0 saturated carbocycles. The Hall–Kier alpha value is -2.91. The number of methoxy groups -OCH3 is 1. The van der Waals surface area contributed by atoms with E-state index < -0.39 is 22.1 Å². The zero-order valence-corrected chi connectivity index (χ0v) is 19.4. The molecule has 1 amide bonds. The zero-order chi connectivity index (χ0) is 23.5. The molecule has 0 aliphatic carbocycles. The molecule has 0 aromatic heterocycles. The molecule has 0 spiro atoms. The van der Waals surface area contributed by atoms with Crippen LogP contribution < -0.4 is 14.4 Å². The number of sulfonamides is 1. The first-order valence-electron chi connectivity index (χ1n) is 10.4. The summed E-state index contributed by atoms with van der Waals surface area (Å²) < 4.78 is 38.3. The maximum absolute atomic E-state index is 13.0. The Balaban J connectivity index is 1.80. The fourth-order valence-corrected chi connectivity index (χ4v) is 5.09. The maximum atomic E-state index is 13.0. The fourth-order valence-electron chi connectivity index (χ4n) is 3.65. The van der Waals surface area contributed by atoms with Crippen molar-refractivity contribution in [2.24, 2.45) is 0 Å². The van der Waals surface area contributed by atoms with E-state index in [2.05, 4.69) is 4.72 Å². The average molecular weight is 461 g/mol. The van der Waals surface area contributed by atoms with Gasteiger partial charge < -0.3 is 14.4 Å². The fraction of sp³-hybridized carbons (Fsp3) is 0.391. The van der Waals surface area contributed by atoms with Gasteiger partial charge in [0.05, 0.1) is 12.7 Å². The quantitative estimate of drug-likeness (QED) is 0.638.